The van der Waals surface area contributed by atoms with Crippen molar-refractivity contribution >= 4 is 34.8 Å². The van der Waals surface area contributed by atoms with E-state index in [0.717, 1.165) is 0 Å². The van der Waals surface area contributed by atoms with Gasteiger partial charge in [0, 0.05) is 0 Å². The molecular formula is C11H7Cl2N3O. The summed E-state index contributed by atoms with van der Waals surface area (Å²) < 4.78 is 0. The van der Waals surface area contributed by atoms with Crippen molar-refractivity contribution in [2.45, 2.75) is 0 Å². The number of rotatable bonds is 2. The number of carbonyl (C=O) groups excluding carboxylic acids is 1. The molecule has 0 aliphatic carbocycles. The third kappa shape index (κ3) is 2.93. The first-order valence-electron chi connectivity index (χ1n) is 4.72. The summed E-state index contributed by atoms with van der Waals surface area (Å²) in [7, 11) is 0. The van der Waals surface area contributed by atoms with E-state index in [-0.39, 0.29) is 16.8 Å². The number of para-hydroxylation sites is 1. The lowest BCUT2D eigenvalue weighted by Gasteiger charge is -2.05. The molecule has 0 aliphatic heterocycles. The minimum atomic E-state index is -0.387. The molecule has 0 spiro atoms. The van der Waals surface area contributed by atoms with Crippen LogP contribution in [0.2, 0.25) is 10.2 Å². The van der Waals surface area contributed by atoms with Crippen molar-refractivity contribution in [3.8, 4) is 0 Å². The standard InChI is InChI=1S/C11H7Cl2N3O/c12-7-3-1-2-4-8(7)14-11(17)9-5-6-10(13)16-15-9/h1-6H,(H,14,17). The topological polar surface area (TPSA) is 54.9 Å². The van der Waals surface area contributed by atoms with Gasteiger partial charge in [0.25, 0.3) is 5.91 Å². The van der Waals surface area contributed by atoms with E-state index in [2.05, 4.69) is 15.5 Å². The SMILES string of the molecule is O=C(Nc1ccccc1Cl)c1ccc(Cl)nn1. The number of hydrogen-bond donors (Lipinski definition) is 1. The molecule has 0 bridgehead atoms. The highest BCUT2D eigenvalue weighted by atomic mass is 35.5. The van der Waals surface area contributed by atoms with Crippen LogP contribution in [-0.4, -0.2) is 16.1 Å². The number of hydrogen-bond acceptors (Lipinski definition) is 3. The minimum Gasteiger partial charge on any atom is -0.319 e. The number of benzene rings is 1. The first-order chi connectivity index (χ1) is 8.16. The molecule has 0 unspecified atom stereocenters. The average Bonchev–Trinajstić information content (AvgIpc) is 2.33. The molecule has 4 nitrogen and oxygen atoms in total. The number of halogens is 2. The van der Waals surface area contributed by atoms with Crippen LogP contribution in [-0.2, 0) is 0 Å². The molecule has 6 heteroatoms. The van der Waals surface area contributed by atoms with E-state index in [9.17, 15) is 4.79 Å². The van der Waals surface area contributed by atoms with Crippen LogP contribution in [0.3, 0.4) is 0 Å². The van der Waals surface area contributed by atoms with E-state index in [0.29, 0.717) is 10.7 Å². The van der Waals surface area contributed by atoms with Gasteiger partial charge in [-0.2, -0.15) is 0 Å². The first-order valence-corrected chi connectivity index (χ1v) is 5.47. The van der Waals surface area contributed by atoms with Crippen LogP contribution in [0.15, 0.2) is 36.4 Å². The lowest BCUT2D eigenvalue weighted by atomic mass is 10.3. The van der Waals surface area contributed by atoms with Crippen molar-refractivity contribution in [1.82, 2.24) is 10.2 Å². The van der Waals surface area contributed by atoms with Gasteiger partial charge in [0.05, 0.1) is 10.7 Å². The van der Waals surface area contributed by atoms with Crippen molar-refractivity contribution < 1.29 is 4.79 Å². The summed E-state index contributed by atoms with van der Waals surface area (Å²) in [4.78, 5) is 11.8. The third-order valence-electron chi connectivity index (χ3n) is 1.99. The van der Waals surface area contributed by atoms with E-state index < -0.39 is 0 Å². The predicted octanol–water partition coefficient (Wildman–Crippen LogP) is 3.04. The molecular weight excluding hydrogens is 261 g/mol. The molecule has 1 N–H and O–H groups in total. The molecule has 2 aromatic rings. The summed E-state index contributed by atoms with van der Waals surface area (Å²) in [6.07, 6.45) is 0. The summed E-state index contributed by atoms with van der Waals surface area (Å²) in [6, 6.07) is 9.92. The zero-order valence-corrected chi connectivity index (χ0v) is 10.0. The molecule has 1 amide bonds. The van der Waals surface area contributed by atoms with Crippen molar-refractivity contribution in [1.29, 1.82) is 0 Å². The van der Waals surface area contributed by atoms with Crippen LogP contribution < -0.4 is 5.32 Å². The second-order valence-electron chi connectivity index (χ2n) is 3.18. The number of carbonyl (C=O) groups is 1. The summed E-state index contributed by atoms with van der Waals surface area (Å²) >= 11 is 11.5. The van der Waals surface area contributed by atoms with Gasteiger partial charge in [0.15, 0.2) is 10.8 Å². The highest BCUT2D eigenvalue weighted by Gasteiger charge is 2.09. The molecule has 0 saturated carbocycles. The van der Waals surface area contributed by atoms with Crippen LogP contribution >= 0.6 is 23.2 Å². The Morgan fingerprint density at radius 2 is 1.82 bits per heavy atom. The molecule has 0 atom stereocenters. The highest BCUT2D eigenvalue weighted by molar-refractivity contribution is 6.33. The number of aromatic nitrogens is 2. The summed E-state index contributed by atoms with van der Waals surface area (Å²) in [6.45, 7) is 0. The van der Waals surface area contributed by atoms with Gasteiger partial charge >= 0.3 is 0 Å². The van der Waals surface area contributed by atoms with Gasteiger partial charge in [0.1, 0.15) is 0 Å². The fraction of sp³-hybridized carbons (Fsp3) is 0. The zero-order valence-electron chi connectivity index (χ0n) is 8.52. The first kappa shape index (κ1) is 11.8. The van der Waals surface area contributed by atoms with Gasteiger partial charge < -0.3 is 5.32 Å². The lowest BCUT2D eigenvalue weighted by Crippen LogP contribution is -2.14. The van der Waals surface area contributed by atoms with Gasteiger partial charge in [-0.3, -0.25) is 4.79 Å². The Morgan fingerprint density at radius 1 is 1.06 bits per heavy atom. The Kier molecular flexibility index (Phi) is 3.56. The van der Waals surface area contributed by atoms with Crippen molar-refractivity contribution in [3.05, 3.63) is 52.3 Å². The van der Waals surface area contributed by atoms with E-state index >= 15 is 0 Å². The fourth-order valence-electron chi connectivity index (χ4n) is 1.19. The maximum absolute atomic E-state index is 11.8. The zero-order chi connectivity index (χ0) is 12.3. The molecule has 17 heavy (non-hydrogen) atoms. The van der Waals surface area contributed by atoms with Crippen LogP contribution in [0.4, 0.5) is 5.69 Å². The maximum atomic E-state index is 11.8. The average molecular weight is 268 g/mol. The van der Waals surface area contributed by atoms with Crippen LogP contribution in [0.1, 0.15) is 10.5 Å². The molecule has 0 saturated heterocycles. The molecule has 1 aromatic carbocycles. The van der Waals surface area contributed by atoms with Crippen molar-refractivity contribution in [3.63, 3.8) is 0 Å². The number of nitrogens with one attached hydrogen (secondary N) is 1. The quantitative estimate of drug-likeness (QED) is 0.910. The summed E-state index contributed by atoms with van der Waals surface area (Å²) in [5, 5.41) is 10.6. The number of anilines is 1. The van der Waals surface area contributed by atoms with E-state index in [1.54, 1.807) is 24.3 Å². The minimum absolute atomic E-state index is 0.175. The van der Waals surface area contributed by atoms with Crippen molar-refractivity contribution in [2.75, 3.05) is 5.32 Å². The second-order valence-corrected chi connectivity index (χ2v) is 3.97. The second kappa shape index (κ2) is 5.12. The van der Waals surface area contributed by atoms with E-state index in [1.165, 1.54) is 12.1 Å². The molecule has 2 rings (SSSR count). The molecule has 0 fully saturated rings. The molecule has 1 heterocycles. The van der Waals surface area contributed by atoms with Gasteiger partial charge in [-0.05, 0) is 24.3 Å². The Balaban J connectivity index is 2.17. The summed E-state index contributed by atoms with van der Waals surface area (Å²) in [5.74, 6) is -0.387. The molecule has 0 aliphatic rings. The van der Waals surface area contributed by atoms with Gasteiger partial charge in [0.2, 0.25) is 0 Å². The normalized spacial score (nSPS) is 10.0. The fourth-order valence-corrected chi connectivity index (χ4v) is 1.47. The Morgan fingerprint density at radius 3 is 2.47 bits per heavy atom. The maximum Gasteiger partial charge on any atom is 0.276 e. The molecule has 86 valence electrons. The van der Waals surface area contributed by atoms with E-state index in [1.807, 2.05) is 0 Å². The Labute approximate surface area is 108 Å². The highest BCUT2D eigenvalue weighted by Crippen LogP contribution is 2.20. The van der Waals surface area contributed by atoms with Gasteiger partial charge in [-0.25, -0.2) is 0 Å². The smallest absolute Gasteiger partial charge is 0.276 e. The van der Waals surface area contributed by atoms with Crippen LogP contribution in [0, 0.1) is 0 Å². The molecule has 0 radical (unpaired) electrons. The Hall–Kier alpha value is -1.65. The van der Waals surface area contributed by atoms with Crippen LogP contribution in [0.25, 0.3) is 0 Å². The van der Waals surface area contributed by atoms with Crippen LogP contribution in [0.5, 0.6) is 0 Å². The number of nitrogens with zero attached hydrogens (tertiary/aromatic N) is 2. The van der Waals surface area contributed by atoms with Gasteiger partial charge in [-0.1, -0.05) is 35.3 Å². The Bertz CT molecular complexity index is 543. The summed E-state index contributed by atoms with van der Waals surface area (Å²) in [5.41, 5.74) is 0.699. The third-order valence-corrected chi connectivity index (χ3v) is 2.52. The van der Waals surface area contributed by atoms with E-state index in [4.69, 9.17) is 23.2 Å². The van der Waals surface area contributed by atoms with Gasteiger partial charge in [-0.15, -0.1) is 10.2 Å². The number of amides is 1. The van der Waals surface area contributed by atoms with Crippen molar-refractivity contribution in [2.24, 2.45) is 0 Å². The predicted molar refractivity (Wildman–Crippen MR) is 66.4 cm³/mol. The molecule has 1 aromatic heterocycles. The largest absolute Gasteiger partial charge is 0.319 e. The monoisotopic (exact) mass is 267 g/mol. The lowest BCUT2D eigenvalue weighted by molar-refractivity contribution is 0.102.